The van der Waals surface area contributed by atoms with E-state index in [0.717, 1.165) is 21.5 Å². The van der Waals surface area contributed by atoms with Crippen LogP contribution in [0.1, 0.15) is 26.6 Å². The van der Waals surface area contributed by atoms with Gasteiger partial charge in [-0.1, -0.05) is 38.2 Å². The van der Waals surface area contributed by atoms with Crippen molar-refractivity contribution < 1.29 is 0 Å². The minimum atomic E-state index is 0.221. The van der Waals surface area contributed by atoms with Crippen molar-refractivity contribution in [1.82, 2.24) is 19.8 Å². The standard InChI is InChI=1S/C12H14N4S3/c1-12(2,3)18-7-9-13-14-11-16(9)15-10(19-11)8-5-4-6-17-8/h4-6H,7H2,1-3H3. The van der Waals surface area contributed by atoms with Gasteiger partial charge in [-0.05, 0) is 11.4 Å². The molecule has 0 unspecified atom stereocenters. The van der Waals surface area contributed by atoms with E-state index in [2.05, 4.69) is 47.5 Å². The molecule has 0 aliphatic heterocycles. The first-order valence-electron chi connectivity index (χ1n) is 5.92. The molecule has 0 saturated heterocycles. The maximum atomic E-state index is 4.62. The van der Waals surface area contributed by atoms with Crippen LogP contribution in [0.25, 0.3) is 14.8 Å². The zero-order valence-electron chi connectivity index (χ0n) is 11.0. The highest BCUT2D eigenvalue weighted by Gasteiger charge is 2.16. The van der Waals surface area contributed by atoms with Gasteiger partial charge in [0.15, 0.2) is 10.8 Å². The Morgan fingerprint density at radius 1 is 1.32 bits per heavy atom. The molecule has 4 nitrogen and oxygen atoms in total. The van der Waals surface area contributed by atoms with E-state index in [0.29, 0.717) is 0 Å². The fourth-order valence-electron chi connectivity index (χ4n) is 1.53. The number of fused-ring (bicyclic) bond motifs is 1. The Balaban J connectivity index is 1.90. The molecule has 19 heavy (non-hydrogen) atoms. The van der Waals surface area contributed by atoms with Gasteiger partial charge in [0.2, 0.25) is 4.96 Å². The second-order valence-corrected chi connectivity index (χ2v) is 8.80. The van der Waals surface area contributed by atoms with Crippen LogP contribution in [0.15, 0.2) is 17.5 Å². The summed E-state index contributed by atoms with van der Waals surface area (Å²) in [6, 6.07) is 4.12. The minimum Gasteiger partial charge on any atom is -0.186 e. The quantitative estimate of drug-likeness (QED) is 0.735. The highest BCUT2D eigenvalue weighted by Crippen LogP contribution is 2.31. The third kappa shape index (κ3) is 2.82. The molecule has 0 spiro atoms. The largest absolute Gasteiger partial charge is 0.235 e. The molecular formula is C12H14N4S3. The Labute approximate surface area is 123 Å². The van der Waals surface area contributed by atoms with Crippen LogP contribution in [0.5, 0.6) is 0 Å². The van der Waals surface area contributed by atoms with Crippen LogP contribution >= 0.6 is 34.4 Å². The lowest BCUT2D eigenvalue weighted by molar-refractivity contribution is 0.796. The van der Waals surface area contributed by atoms with Crippen molar-refractivity contribution in [2.24, 2.45) is 0 Å². The van der Waals surface area contributed by atoms with Gasteiger partial charge in [0.1, 0.15) is 0 Å². The number of rotatable bonds is 3. The van der Waals surface area contributed by atoms with Crippen molar-refractivity contribution in [3.8, 4) is 9.88 Å². The molecule has 0 saturated carbocycles. The van der Waals surface area contributed by atoms with Crippen LogP contribution in [0.2, 0.25) is 0 Å². The van der Waals surface area contributed by atoms with Crippen molar-refractivity contribution >= 4 is 39.4 Å². The van der Waals surface area contributed by atoms with Gasteiger partial charge in [-0.25, -0.2) is 0 Å². The highest BCUT2D eigenvalue weighted by molar-refractivity contribution is 7.99. The van der Waals surface area contributed by atoms with E-state index < -0.39 is 0 Å². The Bertz CT molecular complexity index is 676. The van der Waals surface area contributed by atoms with Gasteiger partial charge in [0, 0.05) is 4.75 Å². The van der Waals surface area contributed by atoms with Crippen molar-refractivity contribution in [3.63, 3.8) is 0 Å². The van der Waals surface area contributed by atoms with E-state index in [1.807, 2.05) is 22.3 Å². The Morgan fingerprint density at radius 2 is 2.16 bits per heavy atom. The van der Waals surface area contributed by atoms with Gasteiger partial charge >= 0.3 is 0 Å². The molecular weight excluding hydrogens is 296 g/mol. The number of thioether (sulfide) groups is 1. The summed E-state index contributed by atoms with van der Waals surface area (Å²) in [6.45, 7) is 6.61. The first-order chi connectivity index (χ1) is 9.03. The van der Waals surface area contributed by atoms with E-state index in [1.165, 1.54) is 4.88 Å². The van der Waals surface area contributed by atoms with Crippen LogP contribution in [0.4, 0.5) is 0 Å². The van der Waals surface area contributed by atoms with E-state index in [1.54, 1.807) is 22.7 Å². The molecule has 0 fully saturated rings. The molecule has 3 aromatic rings. The zero-order valence-corrected chi connectivity index (χ0v) is 13.4. The van der Waals surface area contributed by atoms with Crippen molar-refractivity contribution in [1.29, 1.82) is 0 Å². The number of hydrogen-bond acceptors (Lipinski definition) is 6. The van der Waals surface area contributed by atoms with Gasteiger partial charge in [-0.15, -0.1) is 33.3 Å². The Kier molecular flexibility index (Phi) is 3.36. The second-order valence-electron chi connectivity index (χ2n) is 5.10. The molecule has 0 aliphatic rings. The van der Waals surface area contributed by atoms with Crippen LogP contribution in [0.3, 0.4) is 0 Å². The highest BCUT2D eigenvalue weighted by atomic mass is 32.2. The van der Waals surface area contributed by atoms with Gasteiger partial charge in [-0.2, -0.15) is 9.61 Å². The molecule has 3 rings (SSSR count). The van der Waals surface area contributed by atoms with Gasteiger partial charge in [-0.3, -0.25) is 0 Å². The van der Waals surface area contributed by atoms with Gasteiger partial charge in [0.25, 0.3) is 0 Å². The number of hydrogen-bond donors (Lipinski definition) is 0. The van der Waals surface area contributed by atoms with Gasteiger partial charge in [0.05, 0.1) is 10.6 Å². The monoisotopic (exact) mass is 310 g/mol. The Morgan fingerprint density at radius 3 is 2.84 bits per heavy atom. The predicted molar refractivity (Wildman–Crippen MR) is 83.0 cm³/mol. The topological polar surface area (TPSA) is 43.1 Å². The zero-order chi connectivity index (χ0) is 13.5. The van der Waals surface area contributed by atoms with Crippen molar-refractivity contribution in [3.05, 3.63) is 23.3 Å². The van der Waals surface area contributed by atoms with Gasteiger partial charge < -0.3 is 0 Å². The summed E-state index contributed by atoms with van der Waals surface area (Å²) in [5.41, 5.74) is 0. The molecule has 0 N–H and O–H groups in total. The third-order valence-electron chi connectivity index (χ3n) is 2.42. The normalized spacial score (nSPS) is 12.4. The van der Waals surface area contributed by atoms with Crippen LogP contribution < -0.4 is 0 Å². The first kappa shape index (κ1) is 13.1. The second kappa shape index (κ2) is 4.88. The third-order valence-corrected chi connectivity index (χ3v) is 5.63. The van der Waals surface area contributed by atoms with E-state index in [4.69, 9.17) is 0 Å². The molecule has 0 aromatic carbocycles. The smallest absolute Gasteiger partial charge is 0.186 e. The summed E-state index contributed by atoms with van der Waals surface area (Å²) >= 11 is 5.14. The SMILES string of the molecule is CC(C)(C)SCc1nnc2sc(-c3cccs3)nn12. The van der Waals surface area contributed by atoms with Crippen molar-refractivity contribution in [2.75, 3.05) is 0 Å². The molecule has 0 amide bonds. The predicted octanol–water partition coefficient (Wildman–Crippen LogP) is 3.95. The lowest BCUT2D eigenvalue weighted by Crippen LogP contribution is -2.08. The van der Waals surface area contributed by atoms with Crippen molar-refractivity contribution in [2.45, 2.75) is 31.3 Å². The maximum absolute atomic E-state index is 4.62. The number of aromatic nitrogens is 4. The lowest BCUT2D eigenvalue weighted by Gasteiger charge is -2.15. The number of thiophene rings is 1. The maximum Gasteiger partial charge on any atom is 0.235 e. The van der Waals surface area contributed by atoms with Crippen LogP contribution in [-0.2, 0) is 5.75 Å². The first-order valence-corrected chi connectivity index (χ1v) is 8.60. The summed E-state index contributed by atoms with van der Waals surface area (Å²) in [5, 5.41) is 16.1. The Hall–Kier alpha value is -0.920. The molecule has 0 aliphatic carbocycles. The van der Waals surface area contributed by atoms with E-state index in [-0.39, 0.29) is 4.75 Å². The minimum absolute atomic E-state index is 0.221. The van der Waals surface area contributed by atoms with Crippen LogP contribution in [0, 0.1) is 0 Å². The molecule has 3 aromatic heterocycles. The summed E-state index contributed by atoms with van der Waals surface area (Å²) in [6.07, 6.45) is 0. The molecule has 100 valence electrons. The average Bonchev–Trinajstić information content (AvgIpc) is 3.01. The van der Waals surface area contributed by atoms with Crippen LogP contribution in [-0.4, -0.2) is 24.6 Å². The fraction of sp³-hybridized carbons (Fsp3) is 0.417. The molecule has 0 radical (unpaired) electrons. The molecule has 0 bridgehead atoms. The average molecular weight is 310 g/mol. The molecule has 7 heteroatoms. The van der Waals surface area contributed by atoms with E-state index in [9.17, 15) is 0 Å². The fourth-order valence-corrected chi connectivity index (χ4v) is 3.92. The summed E-state index contributed by atoms with van der Waals surface area (Å²) in [4.78, 5) is 2.05. The summed E-state index contributed by atoms with van der Waals surface area (Å²) in [5.74, 6) is 1.76. The summed E-state index contributed by atoms with van der Waals surface area (Å²) in [7, 11) is 0. The molecule has 3 heterocycles. The number of nitrogens with zero attached hydrogens (tertiary/aromatic N) is 4. The van der Waals surface area contributed by atoms with E-state index >= 15 is 0 Å². The molecule has 0 atom stereocenters. The summed E-state index contributed by atoms with van der Waals surface area (Å²) < 4.78 is 2.09. The lowest BCUT2D eigenvalue weighted by atomic mass is 10.3.